The van der Waals surface area contributed by atoms with E-state index in [-0.39, 0.29) is 18.1 Å². The van der Waals surface area contributed by atoms with E-state index in [4.69, 9.17) is 0 Å². The summed E-state index contributed by atoms with van der Waals surface area (Å²) in [7, 11) is 0. The zero-order chi connectivity index (χ0) is 19.5. The Hall–Kier alpha value is -3.27. The number of nitro groups is 1. The number of amides is 1. The normalized spacial score (nSPS) is 13.2. The predicted molar refractivity (Wildman–Crippen MR) is 105 cm³/mol. The van der Waals surface area contributed by atoms with Crippen LogP contribution in [0.3, 0.4) is 0 Å². The molecule has 28 heavy (non-hydrogen) atoms. The van der Waals surface area contributed by atoms with Gasteiger partial charge in [-0.2, -0.15) is 0 Å². The Morgan fingerprint density at radius 1 is 1.32 bits per heavy atom. The number of hydrogen-bond acceptors (Lipinski definition) is 7. The summed E-state index contributed by atoms with van der Waals surface area (Å²) in [6.45, 7) is 2.10. The summed E-state index contributed by atoms with van der Waals surface area (Å²) >= 11 is 1.80. The van der Waals surface area contributed by atoms with Gasteiger partial charge in [-0.05, 0) is 45.5 Å². The molecular weight excluding hydrogens is 380 g/mol. The first-order valence-electron chi connectivity index (χ1n) is 8.81. The highest BCUT2D eigenvalue weighted by Crippen LogP contribution is 2.27. The lowest BCUT2D eigenvalue weighted by Crippen LogP contribution is -2.30. The lowest BCUT2D eigenvalue weighted by atomic mass is 10.1. The van der Waals surface area contributed by atoms with Crippen LogP contribution in [-0.4, -0.2) is 31.9 Å². The molecule has 0 saturated carbocycles. The van der Waals surface area contributed by atoms with E-state index in [0.29, 0.717) is 12.2 Å². The Labute approximate surface area is 164 Å². The molecule has 3 aromatic heterocycles. The fourth-order valence-electron chi connectivity index (χ4n) is 3.11. The quantitative estimate of drug-likeness (QED) is 0.505. The van der Waals surface area contributed by atoms with Crippen molar-refractivity contribution < 1.29 is 9.72 Å². The molecule has 0 bridgehead atoms. The third-order valence-corrected chi connectivity index (χ3v) is 5.59. The Kier molecular flexibility index (Phi) is 5.02. The van der Waals surface area contributed by atoms with Crippen molar-refractivity contribution in [2.24, 2.45) is 0 Å². The number of anilines is 2. The molecule has 0 unspecified atom stereocenters. The first-order valence-corrected chi connectivity index (χ1v) is 9.69. The van der Waals surface area contributed by atoms with Crippen molar-refractivity contribution in [3.8, 4) is 0 Å². The van der Waals surface area contributed by atoms with Gasteiger partial charge in [0.1, 0.15) is 12.0 Å². The fourth-order valence-corrected chi connectivity index (χ4v) is 4.00. The topological polar surface area (TPSA) is 106 Å². The Bertz CT molecular complexity index is 997. The van der Waals surface area contributed by atoms with Gasteiger partial charge in [-0.15, -0.1) is 11.3 Å². The minimum absolute atomic E-state index is 0.183. The molecule has 1 N–H and O–H groups in total. The summed E-state index contributed by atoms with van der Waals surface area (Å²) in [5.41, 5.74) is 1.98. The number of carbonyl (C=O) groups excluding carboxylic acids is 1. The second-order valence-corrected chi connectivity index (χ2v) is 7.47. The highest BCUT2D eigenvalue weighted by Gasteiger charge is 2.18. The van der Waals surface area contributed by atoms with Crippen LogP contribution in [0, 0.1) is 10.1 Å². The third-order valence-electron chi connectivity index (χ3n) is 4.57. The minimum Gasteiger partial charge on any atom is -0.358 e. The van der Waals surface area contributed by atoms with Crippen LogP contribution >= 0.6 is 11.3 Å². The van der Waals surface area contributed by atoms with Crippen molar-refractivity contribution >= 4 is 34.6 Å². The number of imidazole rings is 1. The monoisotopic (exact) mass is 398 g/mol. The van der Waals surface area contributed by atoms with Gasteiger partial charge in [0.05, 0.1) is 11.9 Å². The number of pyridine rings is 1. The van der Waals surface area contributed by atoms with Gasteiger partial charge in [-0.1, -0.05) is 0 Å². The highest BCUT2D eigenvalue weighted by molar-refractivity contribution is 7.10. The van der Waals surface area contributed by atoms with Gasteiger partial charge in [-0.25, -0.2) is 4.98 Å². The number of aryl methyl sites for hydroxylation is 1. The van der Waals surface area contributed by atoms with E-state index < -0.39 is 4.92 Å². The second kappa shape index (κ2) is 7.77. The molecule has 0 spiro atoms. The van der Waals surface area contributed by atoms with Gasteiger partial charge in [0.2, 0.25) is 12.2 Å². The molecule has 3 aromatic rings. The molecule has 4 rings (SSSR count). The number of nitrogens with zero attached hydrogens (tertiary/aromatic N) is 5. The molecule has 10 heteroatoms. The van der Waals surface area contributed by atoms with Gasteiger partial charge in [0.25, 0.3) is 0 Å². The maximum Gasteiger partial charge on any atom is 0.381 e. The number of nitrogens with one attached hydrogen (secondary N) is 1. The third kappa shape index (κ3) is 4.01. The standard InChI is InChI=1S/C18H18N6O3S/c25-18(4-6-22-11-17(20-12-22)24(26)27)21-14-1-2-16(19-9-14)23-7-3-15-13(10-23)5-8-28-15/h1-2,5,8-9,11-12H,3-4,6-7,10H2,(H,21,25). The summed E-state index contributed by atoms with van der Waals surface area (Å²) in [6.07, 6.45) is 5.51. The van der Waals surface area contributed by atoms with Gasteiger partial charge in [0.15, 0.2) is 0 Å². The molecule has 0 fully saturated rings. The lowest BCUT2D eigenvalue weighted by molar-refractivity contribution is -0.389. The summed E-state index contributed by atoms with van der Waals surface area (Å²) < 4.78 is 1.52. The lowest BCUT2D eigenvalue weighted by Gasteiger charge is -2.28. The van der Waals surface area contributed by atoms with Gasteiger partial charge < -0.3 is 24.9 Å². The van der Waals surface area contributed by atoms with Crippen molar-refractivity contribution in [3.05, 3.63) is 62.9 Å². The van der Waals surface area contributed by atoms with E-state index in [2.05, 4.69) is 31.6 Å². The largest absolute Gasteiger partial charge is 0.381 e. The molecule has 0 aromatic carbocycles. The first kappa shape index (κ1) is 18.1. The number of carbonyl (C=O) groups is 1. The number of rotatable bonds is 6. The maximum absolute atomic E-state index is 12.1. The fraction of sp³-hybridized carbons (Fsp3) is 0.278. The number of aromatic nitrogens is 3. The van der Waals surface area contributed by atoms with Crippen molar-refractivity contribution in [1.29, 1.82) is 0 Å². The van der Waals surface area contributed by atoms with E-state index in [1.807, 2.05) is 12.1 Å². The average Bonchev–Trinajstić information content (AvgIpc) is 3.36. The molecule has 1 amide bonds. The number of thiophene rings is 1. The van der Waals surface area contributed by atoms with Crippen molar-refractivity contribution in [1.82, 2.24) is 14.5 Å². The molecule has 144 valence electrons. The van der Waals surface area contributed by atoms with Gasteiger partial charge in [-0.3, -0.25) is 4.79 Å². The van der Waals surface area contributed by atoms with Crippen LogP contribution in [0.5, 0.6) is 0 Å². The van der Waals surface area contributed by atoms with Crippen LogP contribution in [0.25, 0.3) is 0 Å². The van der Waals surface area contributed by atoms with Crippen LogP contribution in [0.2, 0.25) is 0 Å². The molecule has 1 aliphatic rings. The molecule has 0 saturated heterocycles. The molecular formula is C18H18N6O3S. The Morgan fingerprint density at radius 2 is 2.21 bits per heavy atom. The molecule has 4 heterocycles. The van der Waals surface area contributed by atoms with Crippen LogP contribution in [0.4, 0.5) is 17.3 Å². The zero-order valence-corrected chi connectivity index (χ0v) is 15.8. The van der Waals surface area contributed by atoms with Crippen LogP contribution in [-0.2, 0) is 24.3 Å². The van der Waals surface area contributed by atoms with E-state index in [9.17, 15) is 14.9 Å². The SMILES string of the molecule is O=C(CCn1cnc([N+](=O)[O-])c1)Nc1ccc(N2CCc3sccc3C2)nc1. The molecule has 0 atom stereocenters. The molecule has 0 radical (unpaired) electrons. The van der Waals surface area contributed by atoms with E-state index in [1.165, 1.54) is 27.5 Å². The van der Waals surface area contributed by atoms with Crippen LogP contribution in [0.1, 0.15) is 16.9 Å². The summed E-state index contributed by atoms with van der Waals surface area (Å²) in [6, 6.07) is 5.91. The van der Waals surface area contributed by atoms with E-state index in [0.717, 1.165) is 25.3 Å². The van der Waals surface area contributed by atoms with Gasteiger partial charge in [0, 0.05) is 30.9 Å². The van der Waals surface area contributed by atoms with E-state index in [1.54, 1.807) is 17.5 Å². The highest BCUT2D eigenvalue weighted by atomic mass is 32.1. The summed E-state index contributed by atoms with van der Waals surface area (Å²) in [5, 5.41) is 15.5. The smallest absolute Gasteiger partial charge is 0.358 e. The minimum atomic E-state index is -0.564. The predicted octanol–water partition coefficient (Wildman–Crippen LogP) is 2.84. The molecule has 0 aliphatic carbocycles. The first-order chi connectivity index (χ1) is 13.6. The number of fused-ring (bicyclic) bond motifs is 1. The molecule has 1 aliphatic heterocycles. The molecule has 9 nitrogen and oxygen atoms in total. The Morgan fingerprint density at radius 3 is 2.96 bits per heavy atom. The summed E-state index contributed by atoms with van der Waals surface area (Å²) in [4.78, 5) is 34.0. The Balaban J connectivity index is 1.30. The van der Waals surface area contributed by atoms with Crippen LogP contribution < -0.4 is 10.2 Å². The summed E-state index contributed by atoms with van der Waals surface area (Å²) in [5.74, 6) is 0.472. The van der Waals surface area contributed by atoms with Crippen LogP contribution in [0.15, 0.2) is 42.3 Å². The van der Waals surface area contributed by atoms with Gasteiger partial charge >= 0.3 is 5.82 Å². The van der Waals surface area contributed by atoms with Crippen molar-refractivity contribution in [2.45, 2.75) is 25.9 Å². The van der Waals surface area contributed by atoms with E-state index >= 15 is 0 Å². The van der Waals surface area contributed by atoms with Crippen molar-refractivity contribution in [3.63, 3.8) is 0 Å². The maximum atomic E-state index is 12.1. The van der Waals surface area contributed by atoms with Crippen molar-refractivity contribution in [2.75, 3.05) is 16.8 Å². The zero-order valence-electron chi connectivity index (χ0n) is 14.9. The average molecular weight is 398 g/mol. The number of hydrogen-bond donors (Lipinski definition) is 1. The second-order valence-electron chi connectivity index (χ2n) is 6.47.